The van der Waals surface area contributed by atoms with E-state index in [0.29, 0.717) is 12.1 Å². The summed E-state index contributed by atoms with van der Waals surface area (Å²) in [5.74, 6) is 0. The van der Waals surface area contributed by atoms with E-state index in [1.807, 2.05) is 11.3 Å². The standard InChI is InChI=1S/C11H18N2S/c1-9(11-4-3-7-14-11)12-10-5-6-13(2)8-10/h3-4,7,9-10,12H,5-6,8H2,1-2H3/t9-,10?/m0/s1. The molecular formula is C11H18N2S. The molecule has 0 spiro atoms. The van der Waals surface area contributed by atoms with Gasteiger partial charge in [-0.1, -0.05) is 6.07 Å². The molecule has 0 radical (unpaired) electrons. The molecule has 1 aromatic heterocycles. The second-order valence-corrected chi connectivity index (χ2v) is 5.13. The highest BCUT2D eigenvalue weighted by Gasteiger charge is 2.21. The molecule has 2 heterocycles. The van der Waals surface area contributed by atoms with Gasteiger partial charge in [-0.25, -0.2) is 0 Å². The van der Waals surface area contributed by atoms with Crippen molar-refractivity contribution in [2.75, 3.05) is 20.1 Å². The summed E-state index contributed by atoms with van der Waals surface area (Å²) >= 11 is 1.84. The Morgan fingerprint density at radius 3 is 3.07 bits per heavy atom. The van der Waals surface area contributed by atoms with Crippen molar-refractivity contribution in [2.45, 2.75) is 25.4 Å². The molecule has 0 saturated carbocycles. The first-order valence-electron chi connectivity index (χ1n) is 5.23. The van der Waals surface area contributed by atoms with Crippen molar-refractivity contribution in [3.63, 3.8) is 0 Å². The van der Waals surface area contributed by atoms with Crippen LogP contribution in [0, 0.1) is 0 Å². The van der Waals surface area contributed by atoms with E-state index < -0.39 is 0 Å². The van der Waals surface area contributed by atoms with E-state index >= 15 is 0 Å². The van der Waals surface area contributed by atoms with Crippen molar-refractivity contribution in [1.82, 2.24) is 10.2 Å². The third-order valence-electron chi connectivity index (χ3n) is 2.85. The first-order valence-corrected chi connectivity index (χ1v) is 6.11. The molecule has 1 fully saturated rings. The van der Waals surface area contributed by atoms with Gasteiger partial charge < -0.3 is 10.2 Å². The molecule has 2 nitrogen and oxygen atoms in total. The van der Waals surface area contributed by atoms with Crippen LogP contribution in [-0.4, -0.2) is 31.1 Å². The predicted molar refractivity (Wildman–Crippen MR) is 61.8 cm³/mol. The molecule has 1 N–H and O–H groups in total. The molecule has 0 bridgehead atoms. The van der Waals surface area contributed by atoms with Crippen molar-refractivity contribution in [2.24, 2.45) is 0 Å². The Morgan fingerprint density at radius 2 is 2.50 bits per heavy atom. The van der Waals surface area contributed by atoms with Crippen LogP contribution in [0.3, 0.4) is 0 Å². The third kappa shape index (κ3) is 2.35. The average molecular weight is 210 g/mol. The van der Waals surface area contributed by atoms with Crippen LogP contribution in [0.5, 0.6) is 0 Å². The monoisotopic (exact) mass is 210 g/mol. The molecule has 78 valence electrons. The van der Waals surface area contributed by atoms with Gasteiger partial charge in [0.15, 0.2) is 0 Å². The lowest BCUT2D eigenvalue weighted by Gasteiger charge is -2.18. The number of nitrogens with zero attached hydrogens (tertiary/aromatic N) is 1. The molecule has 0 aromatic carbocycles. The van der Waals surface area contributed by atoms with E-state index in [2.05, 4.69) is 41.7 Å². The first kappa shape index (κ1) is 10.1. The molecule has 1 saturated heterocycles. The first-order chi connectivity index (χ1) is 6.75. The van der Waals surface area contributed by atoms with Crippen LogP contribution in [0.1, 0.15) is 24.3 Å². The minimum atomic E-state index is 0.506. The molecule has 2 atom stereocenters. The number of nitrogens with one attached hydrogen (secondary N) is 1. The summed E-state index contributed by atoms with van der Waals surface area (Å²) < 4.78 is 0. The van der Waals surface area contributed by atoms with E-state index in [1.165, 1.54) is 24.4 Å². The summed E-state index contributed by atoms with van der Waals surface area (Å²) in [5.41, 5.74) is 0. The van der Waals surface area contributed by atoms with Crippen molar-refractivity contribution in [1.29, 1.82) is 0 Å². The van der Waals surface area contributed by atoms with Crippen LogP contribution in [0.25, 0.3) is 0 Å². The van der Waals surface area contributed by atoms with Crippen LogP contribution in [0.15, 0.2) is 17.5 Å². The van der Waals surface area contributed by atoms with Gasteiger partial charge in [-0.2, -0.15) is 0 Å². The molecule has 1 aromatic rings. The number of likely N-dealkylation sites (tertiary alicyclic amines) is 1. The van der Waals surface area contributed by atoms with Crippen molar-refractivity contribution in [3.8, 4) is 0 Å². The summed E-state index contributed by atoms with van der Waals surface area (Å²) in [5, 5.41) is 5.83. The molecular weight excluding hydrogens is 192 g/mol. The van der Waals surface area contributed by atoms with Crippen molar-refractivity contribution < 1.29 is 0 Å². The van der Waals surface area contributed by atoms with Crippen LogP contribution < -0.4 is 5.32 Å². The Labute approximate surface area is 89.9 Å². The highest BCUT2D eigenvalue weighted by molar-refractivity contribution is 7.10. The van der Waals surface area contributed by atoms with Gasteiger partial charge in [0.2, 0.25) is 0 Å². The molecule has 1 aliphatic heterocycles. The molecule has 3 heteroatoms. The lowest BCUT2D eigenvalue weighted by atomic mass is 10.2. The Morgan fingerprint density at radius 1 is 1.64 bits per heavy atom. The fourth-order valence-electron chi connectivity index (χ4n) is 2.04. The number of likely N-dealkylation sites (N-methyl/N-ethyl adjacent to an activating group) is 1. The zero-order valence-electron chi connectivity index (χ0n) is 8.86. The van der Waals surface area contributed by atoms with Crippen LogP contribution >= 0.6 is 11.3 Å². The fraction of sp³-hybridized carbons (Fsp3) is 0.636. The maximum atomic E-state index is 3.68. The highest BCUT2D eigenvalue weighted by Crippen LogP contribution is 2.20. The van der Waals surface area contributed by atoms with Crippen molar-refractivity contribution >= 4 is 11.3 Å². The van der Waals surface area contributed by atoms with Crippen LogP contribution in [-0.2, 0) is 0 Å². The topological polar surface area (TPSA) is 15.3 Å². The van der Waals surface area contributed by atoms with Crippen LogP contribution in [0.2, 0.25) is 0 Å². The molecule has 0 aliphatic carbocycles. The predicted octanol–water partition coefficient (Wildman–Crippen LogP) is 2.10. The van der Waals surface area contributed by atoms with E-state index in [0.717, 1.165) is 0 Å². The van der Waals surface area contributed by atoms with Crippen LogP contribution in [0.4, 0.5) is 0 Å². The fourth-order valence-corrected chi connectivity index (χ4v) is 2.79. The zero-order chi connectivity index (χ0) is 9.97. The SMILES string of the molecule is C[C@H](NC1CCN(C)C1)c1cccs1. The van der Waals surface area contributed by atoms with Gasteiger partial charge in [0, 0.05) is 23.5 Å². The Kier molecular flexibility index (Phi) is 3.21. The third-order valence-corrected chi connectivity index (χ3v) is 3.90. The van der Waals surface area contributed by atoms with Gasteiger partial charge >= 0.3 is 0 Å². The quantitative estimate of drug-likeness (QED) is 0.822. The number of hydrogen-bond acceptors (Lipinski definition) is 3. The van der Waals surface area contributed by atoms with Gasteiger partial charge in [0.1, 0.15) is 0 Å². The zero-order valence-corrected chi connectivity index (χ0v) is 9.68. The largest absolute Gasteiger partial charge is 0.305 e. The Bertz CT molecular complexity index is 271. The van der Waals surface area contributed by atoms with Crippen molar-refractivity contribution in [3.05, 3.63) is 22.4 Å². The van der Waals surface area contributed by atoms with E-state index in [-0.39, 0.29) is 0 Å². The lowest BCUT2D eigenvalue weighted by Crippen LogP contribution is -2.33. The minimum Gasteiger partial charge on any atom is -0.305 e. The average Bonchev–Trinajstić information content (AvgIpc) is 2.75. The highest BCUT2D eigenvalue weighted by atomic mass is 32.1. The second kappa shape index (κ2) is 4.43. The molecule has 1 unspecified atom stereocenters. The summed E-state index contributed by atoms with van der Waals surface area (Å²) in [4.78, 5) is 3.83. The number of thiophene rings is 1. The summed E-state index contributed by atoms with van der Waals surface area (Å²) in [7, 11) is 2.19. The van der Waals surface area contributed by atoms with Gasteiger partial charge in [-0.15, -0.1) is 11.3 Å². The summed E-state index contributed by atoms with van der Waals surface area (Å²) in [6, 6.07) is 5.52. The van der Waals surface area contributed by atoms with Gasteiger partial charge in [-0.3, -0.25) is 0 Å². The molecule has 0 amide bonds. The Hall–Kier alpha value is -0.380. The second-order valence-electron chi connectivity index (χ2n) is 4.15. The lowest BCUT2D eigenvalue weighted by molar-refractivity contribution is 0.388. The maximum absolute atomic E-state index is 3.68. The summed E-state index contributed by atoms with van der Waals surface area (Å²) in [6.45, 7) is 4.68. The number of hydrogen-bond donors (Lipinski definition) is 1. The summed E-state index contributed by atoms with van der Waals surface area (Å²) in [6.07, 6.45) is 1.28. The smallest absolute Gasteiger partial charge is 0.0388 e. The maximum Gasteiger partial charge on any atom is 0.0388 e. The molecule has 14 heavy (non-hydrogen) atoms. The van der Waals surface area contributed by atoms with E-state index in [9.17, 15) is 0 Å². The van der Waals surface area contributed by atoms with Gasteiger partial charge in [0.25, 0.3) is 0 Å². The van der Waals surface area contributed by atoms with Gasteiger partial charge in [-0.05, 0) is 38.4 Å². The number of rotatable bonds is 3. The molecule has 2 rings (SSSR count). The van der Waals surface area contributed by atoms with E-state index in [4.69, 9.17) is 0 Å². The molecule has 1 aliphatic rings. The van der Waals surface area contributed by atoms with Gasteiger partial charge in [0.05, 0.1) is 0 Å². The van der Waals surface area contributed by atoms with E-state index in [1.54, 1.807) is 0 Å². The Balaban J connectivity index is 1.86. The minimum absolute atomic E-state index is 0.506. The normalized spacial score (nSPS) is 25.4.